The molecule has 70 valence electrons. The van der Waals surface area contributed by atoms with Crippen molar-refractivity contribution in [2.45, 2.75) is 19.3 Å². The lowest BCUT2D eigenvalue weighted by molar-refractivity contribution is 0.949. The van der Waals surface area contributed by atoms with Crippen LogP contribution in [0.2, 0.25) is 0 Å². The van der Waals surface area contributed by atoms with E-state index in [1.54, 1.807) is 0 Å². The van der Waals surface area contributed by atoms with Gasteiger partial charge in [0.1, 0.15) is 17.3 Å². The first-order valence-corrected chi connectivity index (χ1v) is 6.72. The molecule has 0 unspecified atom stereocenters. The Morgan fingerprint density at radius 1 is 1.23 bits per heavy atom. The average Bonchev–Trinajstić information content (AvgIpc) is 2.69. The summed E-state index contributed by atoms with van der Waals surface area (Å²) >= 11 is 0. The number of rotatable bonds is 3. The van der Waals surface area contributed by atoms with Gasteiger partial charge in [0, 0.05) is 18.3 Å². The van der Waals surface area contributed by atoms with Crippen molar-refractivity contribution >= 4 is 10.9 Å². The molecule has 1 aromatic rings. The smallest absolute Gasteiger partial charge is 0.113 e. The van der Waals surface area contributed by atoms with Gasteiger partial charge in [0.05, 0.1) is 0 Å². The summed E-state index contributed by atoms with van der Waals surface area (Å²) in [6, 6.07) is 6.21. The number of nitrogens with zero attached hydrogens (tertiary/aromatic N) is 1. The van der Waals surface area contributed by atoms with E-state index < -0.39 is 0 Å². The molecular formula is C11H16NS+. The van der Waals surface area contributed by atoms with Crippen molar-refractivity contribution in [3.8, 4) is 0 Å². The van der Waals surface area contributed by atoms with E-state index in [0.717, 1.165) is 10.9 Å². The molecule has 0 spiro atoms. The molecule has 1 aromatic heterocycles. The van der Waals surface area contributed by atoms with Crippen molar-refractivity contribution in [2.75, 3.05) is 17.3 Å². The number of pyridine rings is 1. The Kier molecular flexibility index (Phi) is 3.25. The SMILES string of the molecule is c1ccc(CC[S+]2CCCC2)nc1. The van der Waals surface area contributed by atoms with Crippen LogP contribution in [0.5, 0.6) is 0 Å². The Morgan fingerprint density at radius 2 is 2.08 bits per heavy atom. The molecule has 13 heavy (non-hydrogen) atoms. The lowest BCUT2D eigenvalue weighted by atomic mass is 10.3. The molecule has 0 aliphatic carbocycles. The molecule has 0 saturated carbocycles. The highest BCUT2D eigenvalue weighted by atomic mass is 32.2. The molecule has 0 amide bonds. The Hall–Kier alpha value is -0.500. The minimum atomic E-state index is 0.732. The summed E-state index contributed by atoms with van der Waals surface area (Å²) in [5.41, 5.74) is 1.27. The topological polar surface area (TPSA) is 12.9 Å². The maximum atomic E-state index is 4.34. The molecule has 1 saturated heterocycles. The van der Waals surface area contributed by atoms with Crippen LogP contribution in [0, 0.1) is 0 Å². The highest BCUT2D eigenvalue weighted by Crippen LogP contribution is 2.14. The summed E-state index contributed by atoms with van der Waals surface area (Å²) in [6.07, 6.45) is 6.01. The second kappa shape index (κ2) is 4.66. The van der Waals surface area contributed by atoms with Gasteiger partial charge >= 0.3 is 0 Å². The highest BCUT2D eigenvalue weighted by Gasteiger charge is 2.23. The van der Waals surface area contributed by atoms with Crippen LogP contribution >= 0.6 is 0 Å². The van der Waals surface area contributed by atoms with Crippen molar-refractivity contribution in [2.24, 2.45) is 0 Å². The van der Waals surface area contributed by atoms with E-state index in [1.165, 1.54) is 42.2 Å². The maximum absolute atomic E-state index is 4.34. The number of hydrogen-bond acceptors (Lipinski definition) is 1. The molecule has 1 aliphatic heterocycles. The molecule has 0 radical (unpaired) electrons. The lowest BCUT2D eigenvalue weighted by Crippen LogP contribution is -2.11. The Labute approximate surface area is 82.9 Å². The van der Waals surface area contributed by atoms with Crippen LogP contribution in [0.3, 0.4) is 0 Å². The lowest BCUT2D eigenvalue weighted by Gasteiger charge is -2.00. The summed E-state index contributed by atoms with van der Waals surface area (Å²) < 4.78 is 0. The minimum Gasteiger partial charge on any atom is -0.261 e. The Bertz CT molecular complexity index is 242. The summed E-state index contributed by atoms with van der Waals surface area (Å²) in [7, 11) is 0.732. The second-order valence-corrected chi connectivity index (χ2v) is 5.95. The van der Waals surface area contributed by atoms with Gasteiger partial charge in [0.25, 0.3) is 0 Å². The van der Waals surface area contributed by atoms with Crippen molar-refractivity contribution in [3.63, 3.8) is 0 Å². The standard InChI is InChI=1S/C11H16NS/c1-2-7-12-11(5-1)6-10-13-8-3-4-9-13/h1-2,5,7H,3-4,6,8-10H2/q+1. The van der Waals surface area contributed by atoms with E-state index >= 15 is 0 Å². The van der Waals surface area contributed by atoms with Gasteiger partial charge in [-0.15, -0.1) is 0 Å². The van der Waals surface area contributed by atoms with E-state index in [0.29, 0.717) is 0 Å². The molecule has 2 heterocycles. The number of aromatic nitrogens is 1. The van der Waals surface area contributed by atoms with Gasteiger partial charge < -0.3 is 0 Å². The first-order valence-electron chi connectivity index (χ1n) is 4.99. The van der Waals surface area contributed by atoms with Crippen molar-refractivity contribution in [1.82, 2.24) is 4.98 Å². The molecule has 0 atom stereocenters. The number of hydrogen-bond donors (Lipinski definition) is 0. The molecular weight excluding hydrogens is 178 g/mol. The van der Waals surface area contributed by atoms with Crippen molar-refractivity contribution in [3.05, 3.63) is 30.1 Å². The van der Waals surface area contributed by atoms with E-state index in [1.807, 2.05) is 12.3 Å². The van der Waals surface area contributed by atoms with Crippen LogP contribution < -0.4 is 0 Å². The molecule has 1 nitrogen and oxygen atoms in total. The Balaban J connectivity index is 1.79. The summed E-state index contributed by atoms with van der Waals surface area (Å²) in [6.45, 7) is 0. The predicted octanol–water partition coefficient (Wildman–Crippen LogP) is 2.04. The molecule has 0 aromatic carbocycles. The van der Waals surface area contributed by atoms with Crippen LogP contribution in [0.1, 0.15) is 18.5 Å². The van der Waals surface area contributed by atoms with Gasteiger partial charge in [-0.05, 0) is 35.9 Å². The summed E-state index contributed by atoms with van der Waals surface area (Å²) in [5.74, 6) is 4.33. The Morgan fingerprint density at radius 3 is 2.77 bits per heavy atom. The van der Waals surface area contributed by atoms with Gasteiger partial charge in [0.2, 0.25) is 0 Å². The largest absolute Gasteiger partial charge is 0.261 e. The van der Waals surface area contributed by atoms with Crippen LogP contribution in [0.15, 0.2) is 24.4 Å². The fourth-order valence-corrected chi connectivity index (χ4v) is 4.05. The third-order valence-corrected chi connectivity index (χ3v) is 5.00. The monoisotopic (exact) mass is 194 g/mol. The van der Waals surface area contributed by atoms with Gasteiger partial charge in [-0.25, -0.2) is 0 Å². The zero-order chi connectivity index (χ0) is 8.93. The van der Waals surface area contributed by atoms with E-state index in [2.05, 4.69) is 17.1 Å². The zero-order valence-electron chi connectivity index (χ0n) is 7.91. The van der Waals surface area contributed by atoms with Gasteiger partial charge in [-0.2, -0.15) is 0 Å². The van der Waals surface area contributed by atoms with E-state index in [-0.39, 0.29) is 0 Å². The molecule has 2 heteroatoms. The first kappa shape index (κ1) is 9.07. The third kappa shape index (κ3) is 2.73. The van der Waals surface area contributed by atoms with Crippen LogP contribution in [0.25, 0.3) is 0 Å². The highest BCUT2D eigenvalue weighted by molar-refractivity contribution is 7.97. The van der Waals surface area contributed by atoms with Gasteiger partial charge in [0.15, 0.2) is 0 Å². The molecule has 1 aliphatic rings. The predicted molar refractivity (Wildman–Crippen MR) is 59.1 cm³/mol. The molecule has 0 bridgehead atoms. The molecule has 1 fully saturated rings. The van der Waals surface area contributed by atoms with Gasteiger partial charge in [-0.1, -0.05) is 6.07 Å². The third-order valence-electron chi connectivity index (χ3n) is 2.49. The van der Waals surface area contributed by atoms with Crippen molar-refractivity contribution in [1.29, 1.82) is 0 Å². The van der Waals surface area contributed by atoms with E-state index in [4.69, 9.17) is 0 Å². The average molecular weight is 194 g/mol. The van der Waals surface area contributed by atoms with E-state index in [9.17, 15) is 0 Å². The molecule has 0 N–H and O–H groups in total. The summed E-state index contributed by atoms with van der Waals surface area (Å²) in [4.78, 5) is 4.34. The molecule has 2 rings (SSSR count). The van der Waals surface area contributed by atoms with Crippen LogP contribution in [0.4, 0.5) is 0 Å². The minimum absolute atomic E-state index is 0.732. The summed E-state index contributed by atoms with van der Waals surface area (Å²) in [5, 5.41) is 0. The fraction of sp³-hybridized carbons (Fsp3) is 0.545. The van der Waals surface area contributed by atoms with Crippen LogP contribution in [-0.2, 0) is 17.3 Å². The number of aryl methyl sites for hydroxylation is 1. The van der Waals surface area contributed by atoms with Gasteiger partial charge in [-0.3, -0.25) is 4.98 Å². The van der Waals surface area contributed by atoms with Crippen LogP contribution in [-0.4, -0.2) is 22.2 Å². The quantitative estimate of drug-likeness (QED) is 0.671. The fourth-order valence-electron chi connectivity index (χ4n) is 1.71. The first-order chi connectivity index (χ1) is 6.45. The van der Waals surface area contributed by atoms with Crippen molar-refractivity contribution < 1.29 is 0 Å². The maximum Gasteiger partial charge on any atom is 0.113 e. The zero-order valence-corrected chi connectivity index (χ0v) is 8.72. The normalized spacial score (nSPS) is 17.8. The second-order valence-electron chi connectivity index (χ2n) is 3.50.